The first-order valence-electron chi connectivity index (χ1n) is 8.29. The molecule has 0 saturated carbocycles. The van der Waals surface area contributed by atoms with Crippen molar-refractivity contribution in [1.82, 2.24) is 0 Å². The van der Waals surface area contributed by atoms with Crippen LogP contribution < -0.4 is 0 Å². The number of unbranched alkanes of at least 4 members (excludes halogenated alkanes) is 9. The van der Waals surface area contributed by atoms with Crippen molar-refractivity contribution < 1.29 is 9.90 Å². The van der Waals surface area contributed by atoms with Crippen molar-refractivity contribution in [3.8, 4) is 0 Å². The van der Waals surface area contributed by atoms with Gasteiger partial charge in [0.1, 0.15) is 0 Å². The number of rotatable bonds is 14. The van der Waals surface area contributed by atoms with Gasteiger partial charge in [-0.25, -0.2) is 0 Å². The van der Waals surface area contributed by atoms with Crippen LogP contribution in [-0.4, -0.2) is 11.1 Å². The van der Waals surface area contributed by atoms with Gasteiger partial charge in [0, 0.05) is 0 Å². The minimum absolute atomic E-state index is 0.151. The molecule has 0 aliphatic carbocycles. The molecule has 0 rings (SSSR count). The Morgan fingerprint density at radius 1 is 0.750 bits per heavy atom. The van der Waals surface area contributed by atoms with Crippen LogP contribution in [0.25, 0.3) is 0 Å². The highest BCUT2D eigenvalue weighted by Crippen LogP contribution is 2.08. The third kappa shape index (κ3) is 16.9. The fourth-order valence-corrected chi connectivity index (χ4v) is 2.10. The number of hydrogen-bond donors (Lipinski definition) is 1. The highest BCUT2D eigenvalue weighted by Gasteiger charge is 1.90. The first-order valence-corrected chi connectivity index (χ1v) is 8.29. The summed E-state index contributed by atoms with van der Waals surface area (Å²) >= 11 is 0. The molecule has 0 spiro atoms. The molecule has 2 heteroatoms. The molecule has 116 valence electrons. The van der Waals surface area contributed by atoms with Crippen molar-refractivity contribution in [3.63, 3.8) is 0 Å². The fourth-order valence-electron chi connectivity index (χ4n) is 2.10. The summed E-state index contributed by atoms with van der Waals surface area (Å²) in [7, 11) is 0. The zero-order valence-corrected chi connectivity index (χ0v) is 13.2. The lowest BCUT2D eigenvalue weighted by Crippen LogP contribution is -1.89. The number of hydrogen-bond acceptors (Lipinski definition) is 1. The van der Waals surface area contributed by atoms with Crippen molar-refractivity contribution >= 4 is 5.97 Å². The maximum atomic E-state index is 10.3. The van der Waals surface area contributed by atoms with Crippen LogP contribution in [0.2, 0.25) is 0 Å². The van der Waals surface area contributed by atoms with Crippen molar-refractivity contribution in [1.29, 1.82) is 0 Å². The normalized spacial score (nSPS) is 11.7. The Kier molecular flexibility index (Phi) is 15.2. The highest BCUT2D eigenvalue weighted by atomic mass is 16.4. The van der Waals surface area contributed by atoms with Gasteiger partial charge in [0.15, 0.2) is 0 Å². The molecule has 0 heterocycles. The summed E-state index contributed by atoms with van der Waals surface area (Å²) in [5, 5.41) is 8.46. The van der Waals surface area contributed by atoms with Gasteiger partial charge in [-0.1, -0.05) is 63.3 Å². The van der Waals surface area contributed by atoms with Crippen LogP contribution >= 0.6 is 0 Å². The summed E-state index contributed by atoms with van der Waals surface area (Å²) in [5.41, 5.74) is 0. The molecule has 0 amide bonds. The molecular formula is C18H32O2. The van der Waals surface area contributed by atoms with E-state index < -0.39 is 5.97 Å². The van der Waals surface area contributed by atoms with E-state index in [-0.39, 0.29) is 6.42 Å². The van der Waals surface area contributed by atoms with E-state index >= 15 is 0 Å². The Bertz CT molecular complexity index is 267. The lowest BCUT2D eigenvalue weighted by Gasteiger charge is -1.97. The van der Waals surface area contributed by atoms with E-state index in [1.165, 1.54) is 51.4 Å². The van der Waals surface area contributed by atoms with Crippen LogP contribution in [0.15, 0.2) is 24.3 Å². The van der Waals surface area contributed by atoms with Crippen molar-refractivity contribution in [3.05, 3.63) is 24.3 Å². The minimum atomic E-state index is -0.751. The Balaban J connectivity index is 3.16. The molecular weight excluding hydrogens is 248 g/mol. The largest absolute Gasteiger partial charge is 0.481 e. The van der Waals surface area contributed by atoms with E-state index in [0.29, 0.717) is 0 Å². The number of carbonyl (C=O) groups is 1. The Morgan fingerprint density at radius 3 is 1.75 bits per heavy atom. The van der Waals surface area contributed by atoms with Crippen LogP contribution in [0.4, 0.5) is 0 Å². The third-order valence-electron chi connectivity index (χ3n) is 3.34. The Hall–Kier alpha value is -1.05. The SMILES string of the molecule is CCCCCCCC/C=C/CCCC/C=C/CC(=O)O. The first-order chi connectivity index (χ1) is 9.77. The average molecular weight is 280 g/mol. The monoisotopic (exact) mass is 280 g/mol. The van der Waals surface area contributed by atoms with Gasteiger partial charge in [0.25, 0.3) is 0 Å². The van der Waals surface area contributed by atoms with Gasteiger partial charge < -0.3 is 5.11 Å². The summed E-state index contributed by atoms with van der Waals surface area (Å²) in [5.74, 6) is -0.751. The second-order valence-corrected chi connectivity index (χ2v) is 5.38. The second-order valence-electron chi connectivity index (χ2n) is 5.38. The van der Waals surface area contributed by atoms with Crippen LogP contribution in [0, 0.1) is 0 Å². The highest BCUT2D eigenvalue weighted by molar-refractivity contribution is 5.68. The van der Waals surface area contributed by atoms with E-state index in [1.54, 1.807) is 6.08 Å². The fraction of sp³-hybridized carbons (Fsp3) is 0.722. The lowest BCUT2D eigenvalue weighted by atomic mass is 10.1. The zero-order valence-electron chi connectivity index (χ0n) is 13.2. The third-order valence-corrected chi connectivity index (χ3v) is 3.34. The molecule has 1 N–H and O–H groups in total. The van der Waals surface area contributed by atoms with E-state index in [0.717, 1.165) is 19.3 Å². The lowest BCUT2D eigenvalue weighted by molar-refractivity contribution is -0.136. The molecule has 0 aromatic heterocycles. The topological polar surface area (TPSA) is 37.3 Å². The van der Waals surface area contributed by atoms with Gasteiger partial charge in [-0.3, -0.25) is 4.79 Å². The standard InChI is InChI=1S/C18H32O2/c1-2-3-4-5-6-7-8-9-10-11-12-13-14-15-16-17-18(19)20/h9-10,15-16H,2-8,11-14,17H2,1H3,(H,19,20)/b10-9+,16-15+. The second kappa shape index (κ2) is 16.0. The maximum Gasteiger partial charge on any atom is 0.307 e. The quantitative estimate of drug-likeness (QED) is 0.318. The summed E-state index contributed by atoms with van der Waals surface area (Å²) < 4.78 is 0. The predicted octanol–water partition coefficient (Wildman–Crippen LogP) is 5.88. The van der Waals surface area contributed by atoms with Crippen LogP contribution in [0.3, 0.4) is 0 Å². The molecule has 20 heavy (non-hydrogen) atoms. The summed E-state index contributed by atoms with van der Waals surface area (Å²) in [6, 6.07) is 0. The molecule has 0 radical (unpaired) electrons. The van der Waals surface area contributed by atoms with E-state index in [1.807, 2.05) is 6.08 Å². The van der Waals surface area contributed by atoms with Crippen LogP contribution in [0.5, 0.6) is 0 Å². The molecule has 0 unspecified atom stereocenters. The zero-order chi connectivity index (χ0) is 14.9. The van der Waals surface area contributed by atoms with E-state index in [9.17, 15) is 4.79 Å². The average Bonchev–Trinajstić information content (AvgIpc) is 2.43. The minimum Gasteiger partial charge on any atom is -0.481 e. The summed E-state index contributed by atoms with van der Waals surface area (Å²) in [6.45, 7) is 2.25. The number of aliphatic carboxylic acids is 1. The van der Waals surface area contributed by atoms with Gasteiger partial charge in [-0.15, -0.1) is 0 Å². The Labute approximate surface area is 125 Å². The predicted molar refractivity (Wildman–Crippen MR) is 87.0 cm³/mol. The van der Waals surface area contributed by atoms with E-state index in [2.05, 4.69) is 19.1 Å². The van der Waals surface area contributed by atoms with Gasteiger partial charge in [-0.05, 0) is 38.5 Å². The van der Waals surface area contributed by atoms with Crippen LogP contribution in [-0.2, 0) is 4.79 Å². The molecule has 0 fully saturated rings. The molecule has 0 aliphatic heterocycles. The van der Waals surface area contributed by atoms with Gasteiger partial charge in [0.2, 0.25) is 0 Å². The maximum absolute atomic E-state index is 10.3. The summed E-state index contributed by atoms with van der Waals surface area (Å²) in [6.07, 6.45) is 22.4. The van der Waals surface area contributed by atoms with Crippen molar-refractivity contribution in [2.75, 3.05) is 0 Å². The van der Waals surface area contributed by atoms with Crippen molar-refractivity contribution in [2.24, 2.45) is 0 Å². The van der Waals surface area contributed by atoms with Crippen molar-refractivity contribution in [2.45, 2.75) is 84.0 Å². The molecule has 0 atom stereocenters. The molecule has 0 aliphatic rings. The van der Waals surface area contributed by atoms with Gasteiger partial charge in [-0.2, -0.15) is 0 Å². The number of carboxylic acids is 1. The number of carboxylic acid groups (broad SMARTS) is 1. The molecule has 0 aromatic rings. The van der Waals surface area contributed by atoms with Crippen LogP contribution in [0.1, 0.15) is 84.0 Å². The first kappa shape index (κ1) is 18.9. The summed E-state index contributed by atoms with van der Waals surface area (Å²) in [4.78, 5) is 10.3. The smallest absolute Gasteiger partial charge is 0.307 e. The molecule has 2 nitrogen and oxygen atoms in total. The number of allylic oxidation sites excluding steroid dienone is 3. The Morgan fingerprint density at radius 2 is 1.20 bits per heavy atom. The van der Waals surface area contributed by atoms with Gasteiger partial charge >= 0.3 is 5.97 Å². The molecule has 0 saturated heterocycles. The van der Waals surface area contributed by atoms with E-state index in [4.69, 9.17) is 5.11 Å². The van der Waals surface area contributed by atoms with Gasteiger partial charge in [0.05, 0.1) is 6.42 Å². The molecule has 0 aromatic carbocycles. The molecule has 0 bridgehead atoms.